The Hall–Kier alpha value is -2.04. The third-order valence-electron chi connectivity index (χ3n) is 3.02. The van der Waals surface area contributed by atoms with Crippen molar-refractivity contribution in [2.24, 2.45) is 5.16 Å². The Morgan fingerprint density at radius 1 is 1.26 bits per heavy atom. The van der Waals surface area contributed by atoms with Crippen molar-refractivity contribution < 1.29 is 14.4 Å². The molecule has 2 rings (SSSR count). The summed E-state index contributed by atoms with van der Waals surface area (Å²) in [5.41, 5.74) is 1.99. The first-order valence-electron chi connectivity index (χ1n) is 6.34. The summed E-state index contributed by atoms with van der Waals surface area (Å²) in [6, 6.07) is 9.67. The number of rotatable bonds is 3. The minimum absolute atomic E-state index is 0.264. The van der Waals surface area contributed by atoms with Gasteiger partial charge in [-0.25, -0.2) is 4.79 Å². The van der Waals surface area contributed by atoms with E-state index in [1.165, 1.54) is 7.11 Å². The molecule has 1 aromatic carbocycles. The number of benzene rings is 1. The van der Waals surface area contributed by atoms with Crippen LogP contribution in [0.25, 0.3) is 0 Å². The fourth-order valence-electron chi connectivity index (χ4n) is 1.98. The van der Waals surface area contributed by atoms with Crippen molar-refractivity contribution in [3.8, 4) is 0 Å². The molecule has 1 saturated heterocycles. The maximum Gasteiger partial charge on any atom is 0.410 e. The van der Waals surface area contributed by atoms with Gasteiger partial charge >= 0.3 is 6.09 Å². The van der Waals surface area contributed by atoms with Crippen molar-refractivity contribution in [3.63, 3.8) is 0 Å². The van der Waals surface area contributed by atoms with E-state index in [0.717, 1.165) is 24.1 Å². The molecule has 1 amide bonds. The standard InChI is InChI=1S/C14H18N2O3/c1-18-15-13-7-9-16(10-8-13)14(17)19-11-12-5-3-2-4-6-12/h2-6H,7-11H2,1H3. The first-order valence-corrected chi connectivity index (χ1v) is 6.34. The summed E-state index contributed by atoms with van der Waals surface area (Å²) in [6.45, 7) is 1.58. The molecule has 0 unspecified atom stereocenters. The van der Waals surface area contributed by atoms with Crippen LogP contribution in [0.2, 0.25) is 0 Å². The fraction of sp³-hybridized carbons (Fsp3) is 0.429. The molecule has 1 heterocycles. The Labute approximate surface area is 112 Å². The highest BCUT2D eigenvalue weighted by atomic mass is 16.6. The van der Waals surface area contributed by atoms with Crippen LogP contribution < -0.4 is 0 Å². The molecule has 0 spiro atoms. The lowest BCUT2D eigenvalue weighted by Crippen LogP contribution is -2.39. The second-order valence-corrected chi connectivity index (χ2v) is 4.37. The highest BCUT2D eigenvalue weighted by molar-refractivity contribution is 5.86. The van der Waals surface area contributed by atoms with Gasteiger partial charge in [-0.2, -0.15) is 0 Å². The summed E-state index contributed by atoms with van der Waals surface area (Å²) in [5.74, 6) is 0. The molecule has 5 heteroatoms. The molecule has 19 heavy (non-hydrogen) atoms. The van der Waals surface area contributed by atoms with Crippen LogP contribution in [0.1, 0.15) is 18.4 Å². The van der Waals surface area contributed by atoms with Crippen LogP contribution in [-0.2, 0) is 16.2 Å². The van der Waals surface area contributed by atoms with Crippen LogP contribution in [0.15, 0.2) is 35.5 Å². The maximum atomic E-state index is 11.9. The lowest BCUT2D eigenvalue weighted by molar-refractivity contribution is 0.0954. The Morgan fingerprint density at radius 2 is 1.95 bits per heavy atom. The number of ether oxygens (including phenoxy) is 1. The number of amides is 1. The van der Waals surface area contributed by atoms with E-state index in [0.29, 0.717) is 19.7 Å². The zero-order valence-electron chi connectivity index (χ0n) is 11.0. The van der Waals surface area contributed by atoms with E-state index in [-0.39, 0.29) is 6.09 Å². The molecular formula is C14H18N2O3. The SMILES string of the molecule is CON=C1CCN(C(=O)OCc2ccccc2)CC1. The molecule has 0 atom stereocenters. The van der Waals surface area contributed by atoms with Crippen molar-refractivity contribution in [1.82, 2.24) is 4.90 Å². The van der Waals surface area contributed by atoms with Gasteiger partial charge in [-0.15, -0.1) is 0 Å². The van der Waals surface area contributed by atoms with Crippen molar-refractivity contribution in [2.75, 3.05) is 20.2 Å². The number of hydrogen-bond donors (Lipinski definition) is 0. The monoisotopic (exact) mass is 262 g/mol. The number of oxime groups is 1. The maximum absolute atomic E-state index is 11.9. The number of hydrogen-bond acceptors (Lipinski definition) is 4. The number of carbonyl (C=O) groups is 1. The highest BCUT2D eigenvalue weighted by Gasteiger charge is 2.21. The molecule has 0 N–H and O–H groups in total. The van der Waals surface area contributed by atoms with Crippen molar-refractivity contribution in [3.05, 3.63) is 35.9 Å². The molecule has 5 nitrogen and oxygen atoms in total. The number of likely N-dealkylation sites (tertiary alicyclic amines) is 1. The minimum Gasteiger partial charge on any atom is -0.445 e. The van der Waals surface area contributed by atoms with Gasteiger partial charge in [0.15, 0.2) is 0 Å². The van der Waals surface area contributed by atoms with Crippen molar-refractivity contribution >= 4 is 11.8 Å². The second-order valence-electron chi connectivity index (χ2n) is 4.37. The van der Waals surface area contributed by atoms with Crippen LogP contribution in [0.5, 0.6) is 0 Å². The van der Waals surface area contributed by atoms with Gasteiger partial charge in [0.1, 0.15) is 13.7 Å². The summed E-state index contributed by atoms with van der Waals surface area (Å²) in [5, 5.41) is 3.91. The zero-order valence-corrected chi connectivity index (χ0v) is 11.0. The summed E-state index contributed by atoms with van der Waals surface area (Å²) >= 11 is 0. The van der Waals surface area contributed by atoms with Gasteiger partial charge in [-0.05, 0) is 5.56 Å². The largest absolute Gasteiger partial charge is 0.445 e. The number of nitrogens with zero attached hydrogens (tertiary/aromatic N) is 2. The van der Waals surface area contributed by atoms with Gasteiger partial charge in [-0.1, -0.05) is 35.5 Å². The van der Waals surface area contributed by atoms with Crippen LogP contribution in [0.3, 0.4) is 0 Å². The molecule has 1 aromatic rings. The fourth-order valence-corrected chi connectivity index (χ4v) is 1.98. The molecule has 0 radical (unpaired) electrons. The number of carbonyl (C=O) groups excluding carboxylic acids is 1. The Morgan fingerprint density at radius 3 is 2.58 bits per heavy atom. The van der Waals surface area contributed by atoms with Gasteiger partial charge < -0.3 is 14.5 Å². The van der Waals surface area contributed by atoms with Crippen LogP contribution in [-0.4, -0.2) is 36.9 Å². The normalized spacial score (nSPS) is 15.0. The van der Waals surface area contributed by atoms with Crippen molar-refractivity contribution in [2.45, 2.75) is 19.4 Å². The average Bonchev–Trinajstić information content (AvgIpc) is 2.47. The van der Waals surface area contributed by atoms with Crippen LogP contribution in [0, 0.1) is 0 Å². The lowest BCUT2D eigenvalue weighted by Gasteiger charge is -2.26. The van der Waals surface area contributed by atoms with Gasteiger partial charge in [0.2, 0.25) is 0 Å². The number of piperidine rings is 1. The first-order chi connectivity index (χ1) is 9.29. The first kappa shape index (κ1) is 13.4. The molecule has 1 aliphatic heterocycles. The van der Waals surface area contributed by atoms with E-state index in [1.54, 1.807) is 4.90 Å². The zero-order chi connectivity index (χ0) is 13.5. The Kier molecular flexibility index (Phi) is 4.78. The highest BCUT2D eigenvalue weighted by Crippen LogP contribution is 2.10. The van der Waals surface area contributed by atoms with Gasteiger partial charge in [0, 0.05) is 25.9 Å². The third kappa shape index (κ3) is 3.98. The Bertz CT molecular complexity index is 435. The third-order valence-corrected chi connectivity index (χ3v) is 3.02. The summed E-state index contributed by atoms with van der Waals surface area (Å²) in [7, 11) is 1.54. The predicted octanol–water partition coefficient (Wildman–Crippen LogP) is 2.42. The van der Waals surface area contributed by atoms with Gasteiger partial charge in [0.25, 0.3) is 0 Å². The van der Waals surface area contributed by atoms with E-state index in [1.807, 2.05) is 30.3 Å². The van der Waals surface area contributed by atoms with Crippen LogP contribution in [0.4, 0.5) is 4.79 Å². The lowest BCUT2D eigenvalue weighted by atomic mass is 10.1. The molecule has 1 aliphatic rings. The average molecular weight is 262 g/mol. The van der Waals surface area contributed by atoms with Crippen molar-refractivity contribution in [1.29, 1.82) is 0 Å². The predicted molar refractivity (Wildman–Crippen MR) is 71.9 cm³/mol. The molecular weight excluding hydrogens is 244 g/mol. The molecule has 0 saturated carbocycles. The molecule has 102 valence electrons. The van der Waals surface area contributed by atoms with E-state index in [2.05, 4.69) is 5.16 Å². The van der Waals surface area contributed by atoms with E-state index < -0.39 is 0 Å². The van der Waals surface area contributed by atoms with E-state index in [4.69, 9.17) is 9.57 Å². The molecule has 0 aliphatic carbocycles. The van der Waals surface area contributed by atoms with Gasteiger partial charge in [0.05, 0.1) is 5.71 Å². The minimum atomic E-state index is -0.264. The summed E-state index contributed by atoms with van der Waals surface area (Å²) in [6.07, 6.45) is 1.23. The molecule has 1 fully saturated rings. The quantitative estimate of drug-likeness (QED) is 0.786. The van der Waals surface area contributed by atoms with E-state index in [9.17, 15) is 4.79 Å². The smallest absolute Gasteiger partial charge is 0.410 e. The summed E-state index contributed by atoms with van der Waals surface area (Å²) < 4.78 is 5.28. The topological polar surface area (TPSA) is 51.1 Å². The van der Waals surface area contributed by atoms with E-state index >= 15 is 0 Å². The summed E-state index contributed by atoms with van der Waals surface area (Å²) in [4.78, 5) is 18.3. The van der Waals surface area contributed by atoms with Gasteiger partial charge in [-0.3, -0.25) is 0 Å². The Balaban J connectivity index is 1.77. The molecule has 0 bridgehead atoms. The second kappa shape index (κ2) is 6.78. The molecule has 0 aromatic heterocycles. The van der Waals surface area contributed by atoms with Crippen LogP contribution >= 0.6 is 0 Å².